The first-order chi connectivity index (χ1) is 20.2. The zero-order valence-corrected chi connectivity index (χ0v) is 27.0. The summed E-state index contributed by atoms with van der Waals surface area (Å²) in [5.41, 5.74) is 11.1. The van der Waals surface area contributed by atoms with Gasteiger partial charge >= 0.3 is 37.4 Å². The number of phosphoric acid groups is 2. The minimum absolute atomic E-state index is 0. The van der Waals surface area contributed by atoms with Gasteiger partial charge in [0, 0.05) is 5.38 Å². The van der Waals surface area contributed by atoms with Crippen molar-refractivity contribution in [2.75, 3.05) is 18.9 Å². The van der Waals surface area contributed by atoms with E-state index in [1.807, 2.05) is 0 Å². The SMILES string of the molecule is NC(=O)c1csc([C@@H]2O[C@H](COP(=O)(O)OP(=O)([O-])OC[C@H]3O[C@@H](n4cnc5c(N)ncnc54)[C@H](O)[C@@H]3O)[C@@H](O)[C@H]2O)n1.[Na+]. The number of hydrogen-bond donors (Lipinski definition) is 7. The van der Waals surface area contributed by atoms with Crippen LogP contribution in [-0.2, 0) is 32.0 Å². The monoisotopic (exact) mass is 691 g/mol. The number of nitrogen functional groups attached to an aromatic ring is 1. The number of thiazole rings is 1. The Hall–Kier alpha value is -1.53. The largest absolute Gasteiger partial charge is 1.00 e. The van der Waals surface area contributed by atoms with Crippen molar-refractivity contribution in [2.45, 2.75) is 49.0 Å². The van der Waals surface area contributed by atoms with Gasteiger partial charge in [-0.25, -0.2) is 28.8 Å². The Bertz CT molecular complexity index is 1600. The number of primary amides is 1. The number of nitrogens with two attached hydrogens (primary N) is 2. The first-order valence-corrected chi connectivity index (χ1v) is 15.9. The molecule has 0 radical (unpaired) electrons. The fourth-order valence-electron chi connectivity index (χ4n) is 4.28. The van der Waals surface area contributed by atoms with Gasteiger partial charge in [-0.15, -0.1) is 11.3 Å². The number of anilines is 1. The van der Waals surface area contributed by atoms with Crippen LogP contribution in [0.25, 0.3) is 11.2 Å². The molecule has 21 nitrogen and oxygen atoms in total. The third kappa shape index (κ3) is 7.37. The fourth-order valence-corrected chi connectivity index (χ4v) is 7.22. The van der Waals surface area contributed by atoms with Crippen molar-refractivity contribution in [3.05, 3.63) is 28.7 Å². The molecule has 0 saturated carbocycles. The summed E-state index contributed by atoms with van der Waals surface area (Å²) < 4.78 is 50.1. The van der Waals surface area contributed by atoms with Gasteiger partial charge in [-0.3, -0.25) is 18.5 Å². The maximum absolute atomic E-state index is 12.3. The van der Waals surface area contributed by atoms with Crippen molar-refractivity contribution in [2.24, 2.45) is 5.73 Å². The van der Waals surface area contributed by atoms with Gasteiger partial charge in [0.05, 0.1) is 19.5 Å². The smallest absolute Gasteiger partial charge is 0.756 e. The Morgan fingerprint density at radius 2 is 1.70 bits per heavy atom. The normalized spacial score (nSPS) is 31.4. The molecule has 3 aromatic heterocycles. The summed E-state index contributed by atoms with van der Waals surface area (Å²) in [6.45, 7) is -1.89. The Kier molecular flexibility index (Phi) is 11.0. The van der Waals surface area contributed by atoms with E-state index < -0.39 is 83.7 Å². The summed E-state index contributed by atoms with van der Waals surface area (Å²) in [5, 5.41) is 42.7. The molecule has 2 aliphatic rings. The molecule has 10 atom stereocenters. The van der Waals surface area contributed by atoms with Crippen LogP contribution in [-0.4, -0.2) is 106 Å². The van der Waals surface area contributed by atoms with Crippen molar-refractivity contribution in [3.63, 3.8) is 0 Å². The number of imidazole rings is 1. The first kappa shape index (κ1) is 35.3. The number of hydrogen-bond acceptors (Lipinski definition) is 19. The van der Waals surface area contributed by atoms with Crippen LogP contribution in [0.3, 0.4) is 0 Å². The second-order valence-corrected chi connectivity index (χ2v) is 13.1. The maximum atomic E-state index is 12.3. The third-order valence-corrected chi connectivity index (χ3v) is 9.85. The van der Waals surface area contributed by atoms with Crippen molar-refractivity contribution < 1.29 is 96.5 Å². The van der Waals surface area contributed by atoms with E-state index in [4.69, 9.17) is 20.9 Å². The molecule has 5 rings (SSSR count). The molecule has 3 aromatic rings. The van der Waals surface area contributed by atoms with Crippen molar-refractivity contribution in [1.82, 2.24) is 24.5 Å². The Morgan fingerprint density at radius 1 is 1.05 bits per heavy atom. The van der Waals surface area contributed by atoms with E-state index in [2.05, 4.69) is 33.3 Å². The van der Waals surface area contributed by atoms with E-state index in [-0.39, 0.29) is 57.2 Å². The summed E-state index contributed by atoms with van der Waals surface area (Å²) in [7, 11) is -11.0. The minimum Gasteiger partial charge on any atom is -0.756 e. The number of aromatic nitrogens is 5. The molecule has 5 heterocycles. The summed E-state index contributed by atoms with van der Waals surface area (Å²) in [5.74, 6) is -0.796. The van der Waals surface area contributed by atoms with E-state index in [0.29, 0.717) is 0 Å². The molecule has 2 fully saturated rings. The number of aliphatic hydroxyl groups is 4. The Morgan fingerprint density at radius 3 is 2.39 bits per heavy atom. The zero-order valence-electron chi connectivity index (χ0n) is 22.4. The fraction of sp³-hybridized carbons (Fsp3) is 0.526. The van der Waals surface area contributed by atoms with E-state index in [1.165, 1.54) is 16.3 Å². The molecular weight excluding hydrogens is 667 g/mol. The van der Waals surface area contributed by atoms with Crippen LogP contribution in [0.2, 0.25) is 0 Å². The Balaban J connectivity index is 0.00000442. The third-order valence-electron chi connectivity index (χ3n) is 6.38. The summed E-state index contributed by atoms with van der Waals surface area (Å²) in [6, 6.07) is 0. The number of nitrogens with zero attached hydrogens (tertiary/aromatic N) is 5. The van der Waals surface area contributed by atoms with Crippen LogP contribution >= 0.6 is 27.0 Å². The number of aliphatic hydroxyl groups excluding tert-OH is 4. The molecule has 2 unspecified atom stereocenters. The standard InChI is InChI=1S/C19H25N7O14P2S.Na/c20-15-9-17(23-4-22-15)26(5-24-9)19-13(30)11(28)8(39-19)2-37-42(34,35)40-41(32,33)36-1-7-10(27)12(29)14(38-7)18-25-6(3-43-18)16(21)31;/h3-5,7-8,10-14,19,27-30H,1-2H2,(H2,21,31)(H,32,33)(H,34,35)(H2,20,22,23);/q;+1/p-1/t7-,8-,10-,11-,12-,13-,14-,19-;/m1./s1. The van der Waals surface area contributed by atoms with E-state index in [1.54, 1.807) is 0 Å². The van der Waals surface area contributed by atoms with Crippen molar-refractivity contribution in [1.29, 1.82) is 0 Å². The van der Waals surface area contributed by atoms with Crippen molar-refractivity contribution in [3.8, 4) is 0 Å². The number of rotatable bonds is 11. The van der Waals surface area contributed by atoms with Crippen LogP contribution in [0, 0.1) is 0 Å². The molecule has 44 heavy (non-hydrogen) atoms. The summed E-state index contributed by atoms with van der Waals surface area (Å²) >= 11 is 0.899. The number of ether oxygens (including phenoxy) is 2. The predicted octanol–water partition coefficient (Wildman–Crippen LogP) is -5.93. The molecule has 0 bridgehead atoms. The molecule has 0 aromatic carbocycles. The summed E-state index contributed by atoms with van der Waals surface area (Å²) in [6.07, 6.45) is -9.67. The second-order valence-electron chi connectivity index (χ2n) is 9.23. The van der Waals surface area contributed by atoms with E-state index in [9.17, 15) is 44.1 Å². The second kappa shape index (κ2) is 13.7. The molecular formula is C19H24N7NaO14P2S. The topological polar surface area (TPSA) is 330 Å². The minimum atomic E-state index is -5.62. The van der Waals surface area contributed by atoms with Gasteiger partial charge in [-0.05, 0) is 0 Å². The molecule has 236 valence electrons. The quantitative estimate of drug-likeness (QED) is 0.0727. The first-order valence-electron chi connectivity index (χ1n) is 12.0. The molecule has 25 heteroatoms. The number of carbonyl (C=O) groups is 1. The van der Waals surface area contributed by atoms with Crippen LogP contribution < -0.4 is 45.9 Å². The van der Waals surface area contributed by atoms with Crippen LogP contribution in [0.15, 0.2) is 18.0 Å². The molecule has 2 aliphatic heterocycles. The van der Waals surface area contributed by atoms with Crippen LogP contribution in [0.1, 0.15) is 27.8 Å². The van der Waals surface area contributed by atoms with Gasteiger partial charge < -0.3 is 55.7 Å². The molecule has 0 spiro atoms. The molecule has 0 aliphatic carbocycles. The average molecular weight is 691 g/mol. The summed E-state index contributed by atoms with van der Waals surface area (Å²) in [4.78, 5) is 49.2. The van der Waals surface area contributed by atoms with Gasteiger partial charge in [0.2, 0.25) is 0 Å². The predicted molar refractivity (Wildman–Crippen MR) is 136 cm³/mol. The van der Waals surface area contributed by atoms with Crippen molar-refractivity contribution >= 4 is 49.9 Å². The molecule has 9 N–H and O–H groups in total. The van der Waals surface area contributed by atoms with Gasteiger partial charge in [0.15, 0.2) is 17.7 Å². The molecule has 1 amide bonds. The zero-order chi connectivity index (χ0) is 31.3. The van der Waals surface area contributed by atoms with Gasteiger partial charge in [-0.1, -0.05) is 0 Å². The maximum Gasteiger partial charge on any atom is 1.00 e. The van der Waals surface area contributed by atoms with Gasteiger partial charge in [-0.2, -0.15) is 0 Å². The Labute approximate surface area is 272 Å². The van der Waals surface area contributed by atoms with Gasteiger partial charge in [0.1, 0.15) is 65.3 Å². The van der Waals surface area contributed by atoms with Crippen LogP contribution in [0.4, 0.5) is 5.82 Å². The van der Waals surface area contributed by atoms with Crippen LogP contribution in [0.5, 0.6) is 0 Å². The number of fused-ring (bicyclic) bond motifs is 1. The van der Waals surface area contributed by atoms with E-state index >= 15 is 0 Å². The number of amides is 1. The number of phosphoric ester groups is 2. The molecule has 2 saturated heterocycles. The van der Waals surface area contributed by atoms with E-state index in [0.717, 1.165) is 17.7 Å². The number of carbonyl (C=O) groups excluding carboxylic acids is 1. The van der Waals surface area contributed by atoms with Gasteiger partial charge in [0.25, 0.3) is 13.7 Å². The average Bonchev–Trinajstić information content (AvgIpc) is 3.70.